The van der Waals surface area contributed by atoms with E-state index in [0.717, 1.165) is 36.5 Å². The molecule has 7 heteroatoms. The van der Waals surface area contributed by atoms with Gasteiger partial charge in [0.15, 0.2) is 0 Å². The van der Waals surface area contributed by atoms with Crippen LogP contribution in [0.3, 0.4) is 0 Å². The van der Waals surface area contributed by atoms with Crippen molar-refractivity contribution in [1.29, 1.82) is 0 Å². The second-order valence-electron chi connectivity index (χ2n) is 7.05. The number of azo groups is 1. The highest BCUT2D eigenvalue weighted by Crippen LogP contribution is 2.36. The Morgan fingerprint density at radius 1 is 1.18 bits per heavy atom. The number of methoxy groups -OCH3 is 1. The maximum Gasteiger partial charge on any atom is 0.269 e. The summed E-state index contributed by atoms with van der Waals surface area (Å²) in [6, 6.07) is 9.95. The third-order valence-electron chi connectivity index (χ3n) is 4.53. The lowest BCUT2D eigenvalue weighted by atomic mass is 10.1. The summed E-state index contributed by atoms with van der Waals surface area (Å²) >= 11 is 0. The van der Waals surface area contributed by atoms with Gasteiger partial charge in [-0.15, -0.1) is 0 Å². The van der Waals surface area contributed by atoms with E-state index in [1.165, 1.54) is 12.1 Å². The van der Waals surface area contributed by atoms with E-state index in [0.29, 0.717) is 17.3 Å². The number of aryl methyl sites for hydroxylation is 1. The first-order valence-electron chi connectivity index (χ1n) is 9.45. The molecule has 0 saturated carbocycles. The molecule has 0 atom stereocenters. The Bertz CT molecular complexity index is 832. The predicted octanol–water partition coefficient (Wildman–Crippen LogP) is 6.20. The lowest BCUT2D eigenvalue weighted by Crippen LogP contribution is -2.25. The van der Waals surface area contributed by atoms with Gasteiger partial charge in [-0.2, -0.15) is 10.2 Å². The van der Waals surface area contributed by atoms with Crippen molar-refractivity contribution in [1.82, 2.24) is 0 Å². The highest BCUT2D eigenvalue weighted by atomic mass is 16.6. The van der Waals surface area contributed by atoms with Crippen LogP contribution in [0.1, 0.15) is 32.8 Å². The van der Waals surface area contributed by atoms with Gasteiger partial charge in [0.05, 0.1) is 29.1 Å². The van der Waals surface area contributed by atoms with Gasteiger partial charge in [-0.3, -0.25) is 10.1 Å². The lowest BCUT2D eigenvalue weighted by molar-refractivity contribution is -0.384. The first-order chi connectivity index (χ1) is 13.3. The fourth-order valence-electron chi connectivity index (χ4n) is 2.80. The van der Waals surface area contributed by atoms with Crippen molar-refractivity contribution in [3.05, 3.63) is 52.1 Å². The summed E-state index contributed by atoms with van der Waals surface area (Å²) in [6.45, 7) is 10.4. The molecule has 0 radical (unpaired) electrons. The fourth-order valence-corrected chi connectivity index (χ4v) is 2.80. The third-order valence-corrected chi connectivity index (χ3v) is 4.53. The van der Waals surface area contributed by atoms with Crippen molar-refractivity contribution in [3.63, 3.8) is 0 Å². The van der Waals surface area contributed by atoms with Crippen LogP contribution in [0.15, 0.2) is 46.6 Å². The highest BCUT2D eigenvalue weighted by Gasteiger charge is 2.14. The molecule has 2 aromatic carbocycles. The molecule has 2 rings (SSSR count). The Labute approximate surface area is 166 Å². The van der Waals surface area contributed by atoms with Crippen molar-refractivity contribution >= 4 is 22.7 Å². The number of nitrogens with zero attached hydrogens (tertiary/aromatic N) is 4. The zero-order valence-corrected chi connectivity index (χ0v) is 17.2. The molecule has 0 aliphatic rings. The average molecular weight is 384 g/mol. The van der Waals surface area contributed by atoms with Gasteiger partial charge in [-0.25, -0.2) is 0 Å². The van der Waals surface area contributed by atoms with E-state index in [1.807, 2.05) is 13.0 Å². The molecule has 28 heavy (non-hydrogen) atoms. The number of non-ortho nitro benzene ring substituents is 1. The van der Waals surface area contributed by atoms with Gasteiger partial charge in [0, 0.05) is 31.3 Å². The van der Waals surface area contributed by atoms with Crippen molar-refractivity contribution in [2.75, 3.05) is 25.1 Å². The lowest BCUT2D eigenvalue weighted by Gasteiger charge is -2.26. The maximum absolute atomic E-state index is 10.7. The van der Waals surface area contributed by atoms with Gasteiger partial charge >= 0.3 is 0 Å². The Balaban J connectivity index is 2.27. The Kier molecular flexibility index (Phi) is 7.49. The number of hydrogen-bond donors (Lipinski definition) is 0. The van der Waals surface area contributed by atoms with Crippen LogP contribution in [-0.2, 0) is 0 Å². The molecule has 0 N–H and O–H groups in total. The van der Waals surface area contributed by atoms with E-state index in [9.17, 15) is 10.1 Å². The van der Waals surface area contributed by atoms with E-state index in [4.69, 9.17) is 4.74 Å². The number of anilines is 1. The quantitative estimate of drug-likeness (QED) is 0.293. The molecular weight excluding hydrogens is 356 g/mol. The molecule has 0 heterocycles. The zero-order chi connectivity index (χ0) is 20.7. The van der Waals surface area contributed by atoms with E-state index in [1.54, 1.807) is 19.2 Å². The van der Waals surface area contributed by atoms with Crippen LogP contribution in [0.5, 0.6) is 5.75 Å². The Morgan fingerprint density at radius 3 is 2.39 bits per heavy atom. The van der Waals surface area contributed by atoms with E-state index >= 15 is 0 Å². The smallest absolute Gasteiger partial charge is 0.269 e. The molecule has 0 fully saturated rings. The Hall–Kier alpha value is -2.96. The standard InChI is InChI=1S/C21H28N4O3/c1-6-24(12-11-15(2)3)20-13-16(4)19(14-21(20)28-5)23-22-17-7-9-18(10-8-17)25(26)27/h7-10,13-15H,6,11-12H2,1-5H3/b23-22+. The van der Waals surface area contributed by atoms with Crippen molar-refractivity contribution < 1.29 is 9.66 Å². The molecule has 0 unspecified atom stereocenters. The zero-order valence-electron chi connectivity index (χ0n) is 17.2. The molecule has 0 saturated heterocycles. The first kappa shape index (κ1) is 21.3. The minimum Gasteiger partial charge on any atom is -0.495 e. The van der Waals surface area contributed by atoms with Crippen LogP contribution < -0.4 is 9.64 Å². The van der Waals surface area contributed by atoms with Gasteiger partial charge < -0.3 is 9.64 Å². The number of hydrogen-bond acceptors (Lipinski definition) is 6. The average Bonchev–Trinajstić information content (AvgIpc) is 2.67. The SMILES string of the molecule is CCN(CCC(C)C)c1cc(C)c(/N=N/c2ccc([N+](=O)[O-])cc2)cc1OC. The van der Waals surface area contributed by atoms with E-state index in [-0.39, 0.29) is 5.69 Å². The largest absolute Gasteiger partial charge is 0.495 e. The number of nitro benzene ring substituents is 1. The maximum atomic E-state index is 10.7. The van der Waals surface area contributed by atoms with Crippen molar-refractivity contribution in [2.24, 2.45) is 16.1 Å². The topological polar surface area (TPSA) is 80.3 Å². The number of nitro groups is 1. The fraction of sp³-hybridized carbons (Fsp3) is 0.429. The second-order valence-corrected chi connectivity index (χ2v) is 7.05. The molecule has 2 aromatic rings. The van der Waals surface area contributed by atoms with E-state index < -0.39 is 4.92 Å². The molecule has 0 spiro atoms. The number of benzene rings is 2. The molecular formula is C21H28N4O3. The summed E-state index contributed by atoms with van der Waals surface area (Å²) in [5.74, 6) is 1.39. The van der Waals surface area contributed by atoms with Crippen LogP contribution in [0.25, 0.3) is 0 Å². The molecule has 150 valence electrons. The van der Waals surface area contributed by atoms with Crippen LogP contribution in [0, 0.1) is 23.0 Å². The number of rotatable bonds is 9. The van der Waals surface area contributed by atoms with Gasteiger partial charge in [-0.1, -0.05) is 13.8 Å². The number of ether oxygens (including phenoxy) is 1. The normalized spacial score (nSPS) is 11.2. The molecule has 0 amide bonds. The Morgan fingerprint density at radius 2 is 1.86 bits per heavy atom. The highest BCUT2D eigenvalue weighted by molar-refractivity contribution is 5.67. The first-order valence-corrected chi connectivity index (χ1v) is 9.45. The minimum atomic E-state index is -0.437. The molecule has 0 aliphatic carbocycles. The minimum absolute atomic E-state index is 0.0298. The van der Waals surface area contributed by atoms with E-state index in [2.05, 4.69) is 42.0 Å². The van der Waals surface area contributed by atoms with Gasteiger partial charge in [0.25, 0.3) is 5.69 Å². The van der Waals surface area contributed by atoms with Crippen LogP contribution in [-0.4, -0.2) is 25.1 Å². The van der Waals surface area contributed by atoms with Crippen molar-refractivity contribution in [2.45, 2.75) is 34.1 Å². The molecule has 0 aromatic heterocycles. The van der Waals surface area contributed by atoms with Gasteiger partial charge in [0.2, 0.25) is 0 Å². The van der Waals surface area contributed by atoms with Crippen LogP contribution in [0.4, 0.5) is 22.7 Å². The van der Waals surface area contributed by atoms with Crippen molar-refractivity contribution in [3.8, 4) is 5.75 Å². The molecule has 0 aliphatic heterocycles. The van der Waals surface area contributed by atoms with Gasteiger partial charge in [-0.05, 0) is 49.9 Å². The van der Waals surface area contributed by atoms with Crippen LogP contribution in [0.2, 0.25) is 0 Å². The summed E-state index contributed by atoms with van der Waals surface area (Å²) in [5, 5.41) is 19.3. The summed E-state index contributed by atoms with van der Waals surface area (Å²) in [4.78, 5) is 12.6. The molecule has 7 nitrogen and oxygen atoms in total. The summed E-state index contributed by atoms with van der Waals surface area (Å²) in [5.41, 5.74) is 3.34. The summed E-state index contributed by atoms with van der Waals surface area (Å²) in [6.07, 6.45) is 1.11. The van der Waals surface area contributed by atoms with Crippen LogP contribution >= 0.6 is 0 Å². The second kappa shape index (κ2) is 9.82. The summed E-state index contributed by atoms with van der Waals surface area (Å²) < 4.78 is 5.61. The monoisotopic (exact) mass is 384 g/mol. The summed E-state index contributed by atoms with van der Waals surface area (Å²) in [7, 11) is 1.65. The third kappa shape index (κ3) is 5.52. The predicted molar refractivity (Wildman–Crippen MR) is 112 cm³/mol. The molecule has 0 bridgehead atoms. The van der Waals surface area contributed by atoms with Gasteiger partial charge in [0.1, 0.15) is 5.75 Å².